The SMILES string of the molecule is Cn1c(COc2ccc(CC3SC(=O)NC3=O)cc2)nc2ccc(Oc3ccc4cccc(NC(N)=O)c4c3)cc21. The third-order valence-electron chi connectivity index (χ3n) is 6.77. The number of thioether (sulfide) groups is 1. The molecule has 5 aromatic rings. The number of anilines is 1. The lowest BCUT2D eigenvalue weighted by atomic mass is 10.1. The number of benzene rings is 4. The highest BCUT2D eigenvalue weighted by molar-refractivity contribution is 8.15. The Kier molecular flexibility index (Phi) is 6.94. The minimum absolute atomic E-state index is 0.250. The Hall–Kier alpha value is -5.03. The number of aryl methyl sites for hydroxylation is 1. The number of nitrogens with zero attached hydrogens (tertiary/aromatic N) is 2. The molecule has 1 atom stereocenters. The van der Waals surface area contributed by atoms with Gasteiger partial charge in [0.1, 0.15) is 29.7 Å². The molecule has 1 aliphatic heterocycles. The molecule has 0 spiro atoms. The van der Waals surface area contributed by atoms with E-state index in [0.29, 0.717) is 29.4 Å². The van der Waals surface area contributed by atoms with Gasteiger partial charge >= 0.3 is 6.03 Å². The summed E-state index contributed by atoms with van der Waals surface area (Å²) in [6.45, 7) is 0.260. The number of urea groups is 1. The lowest BCUT2D eigenvalue weighted by Gasteiger charge is -2.10. The molecule has 0 saturated carbocycles. The van der Waals surface area contributed by atoms with Crippen molar-refractivity contribution < 1.29 is 23.9 Å². The molecule has 0 radical (unpaired) electrons. The van der Waals surface area contributed by atoms with Crippen molar-refractivity contribution in [3.63, 3.8) is 0 Å². The van der Waals surface area contributed by atoms with Crippen LogP contribution >= 0.6 is 11.8 Å². The number of primary amides is 1. The molecule has 2 heterocycles. The summed E-state index contributed by atoms with van der Waals surface area (Å²) in [7, 11) is 1.92. The fraction of sp³-hybridized carbons (Fsp3) is 0.133. The van der Waals surface area contributed by atoms with Gasteiger partial charge in [0.15, 0.2) is 0 Å². The van der Waals surface area contributed by atoms with Gasteiger partial charge in [-0.05, 0) is 59.8 Å². The largest absolute Gasteiger partial charge is 0.486 e. The molecular formula is C30H25N5O5S. The van der Waals surface area contributed by atoms with Gasteiger partial charge in [-0.2, -0.15) is 0 Å². The molecule has 1 fully saturated rings. The third kappa shape index (κ3) is 5.66. The van der Waals surface area contributed by atoms with Gasteiger partial charge in [-0.1, -0.05) is 42.1 Å². The first-order valence-electron chi connectivity index (χ1n) is 12.8. The van der Waals surface area contributed by atoms with E-state index in [-0.39, 0.29) is 17.8 Å². The molecule has 10 nitrogen and oxygen atoms in total. The molecule has 0 aliphatic carbocycles. The minimum atomic E-state index is -0.630. The summed E-state index contributed by atoms with van der Waals surface area (Å²) in [4.78, 5) is 39.3. The van der Waals surface area contributed by atoms with Gasteiger partial charge in [-0.15, -0.1) is 0 Å². The van der Waals surface area contributed by atoms with E-state index in [1.165, 1.54) is 0 Å². The number of nitrogens with two attached hydrogens (primary N) is 1. The summed E-state index contributed by atoms with van der Waals surface area (Å²) in [5, 5.41) is 6.02. The van der Waals surface area contributed by atoms with Crippen molar-refractivity contribution in [2.45, 2.75) is 18.3 Å². The van der Waals surface area contributed by atoms with Gasteiger partial charge in [0.25, 0.3) is 5.24 Å². The topological polar surface area (TPSA) is 138 Å². The zero-order valence-electron chi connectivity index (χ0n) is 21.9. The fourth-order valence-corrected chi connectivity index (χ4v) is 5.58. The zero-order chi connectivity index (χ0) is 28.5. The zero-order valence-corrected chi connectivity index (χ0v) is 22.7. The molecule has 1 aliphatic rings. The summed E-state index contributed by atoms with van der Waals surface area (Å²) in [6, 6.07) is 23.8. The van der Waals surface area contributed by atoms with Gasteiger partial charge in [0.2, 0.25) is 5.91 Å². The highest BCUT2D eigenvalue weighted by atomic mass is 32.2. The van der Waals surface area contributed by atoms with Crippen molar-refractivity contribution >= 4 is 56.4 Å². The van der Waals surface area contributed by atoms with Crippen LogP contribution in [0.4, 0.5) is 15.3 Å². The monoisotopic (exact) mass is 567 g/mol. The molecule has 4 amide bonds. The van der Waals surface area contributed by atoms with Gasteiger partial charge in [-0.3, -0.25) is 14.9 Å². The van der Waals surface area contributed by atoms with Crippen molar-refractivity contribution in [1.29, 1.82) is 0 Å². The number of nitrogens with one attached hydrogen (secondary N) is 2. The lowest BCUT2D eigenvalue weighted by molar-refractivity contribution is -0.118. The van der Waals surface area contributed by atoms with Gasteiger partial charge in [0.05, 0.1) is 22.0 Å². The van der Waals surface area contributed by atoms with Gasteiger partial charge in [-0.25, -0.2) is 9.78 Å². The quantitative estimate of drug-likeness (QED) is 0.226. The number of imide groups is 1. The first-order chi connectivity index (χ1) is 19.8. The highest BCUT2D eigenvalue weighted by Gasteiger charge is 2.31. The van der Waals surface area contributed by atoms with Crippen molar-refractivity contribution in [1.82, 2.24) is 14.9 Å². The van der Waals surface area contributed by atoms with E-state index >= 15 is 0 Å². The average molecular weight is 568 g/mol. The second kappa shape index (κ2) is 10.9. The lowest BCUT2D eigenvalue weighted by Crippen LogP contribution is -2.25. The van der Waals surface area contributed by atoms with E-state index in [4.69, 9.17) is 20.2 Å². The molecule has 6 rings (SSSR count). The summed E-state index contributed by atoms with van der Waals surface area (Å²) in [5.74, 6) is 2.42. The molecule has 4 aromatic carbocycles. The smallest absolute Gasteiger partial charge is 0.316 e. The van der Waals surface area contributed by atoms with E-state index in [1.807, 2.05) is 84.4 Å². The van der Waals surface area contributed by atoms with Crippen LogP contribution in [-0.4, -0.2) is 32.0 Å². The second-order valence-electron chi connectivity index (χ2n) is 9.54. The van der Waals surface area contributed by atoms with Crippen LogP contribution in [0.5, 0.6) is 17.2 Å². The fourth-order valence-electron chi connectivity index (χ4n) is 4.72. The number of hydrogen-bond acceptors (Lipinski definition) is 7. The van der Waals surface area contributed by atoms with Crippen molar-refractivity contribution in [3.05, 3.63) is 90.3 Å². The summed E-state index contributed by atoms with van der Waals surface area (Å²) in [6.07, 6.45) is 0.475. The number of carbonyl (C=O) groups is 3. The molecule has 1 aromatic heterocycles. The molecular weight excluding hydrogens is 542 g/mol. The van der Waals surface area contributed by atoms with Crippen LogP contribution in [0.25, 0.3) is 21.8 Å². The average Bonchev–Trinajstić information content (AvgIpc) is 3.44. The van der Waals surface area contributed by atoms with Crippen LogP contribution in [0.15, 0.2) is 78.9 Å². The van der Waals surface area contributed by atoms with Gasteiger partial charge < -0.3 is 25.1 Å². The number of rotatable bonds is 8. The van der Waals surface area contributed by atoms with Gasteiger partial charge in [0, 0.05) is 18.5 Å². The second-order valence-corrected chi connectivity index (χ2v) is 10.7. The van der Waals surface area contributed by atoms with E-state index in [0.717, 1.165) is 45.0 Å². The van der Waals surface area contributed by atoms with Crippen LogP contribution in [-0.2, 0) is 24.9 Å². The Balaban J connectivity index is 1.14. The Bertz CT molecular complexity index is 1820. The van der Waals surface area contributed by atoms with Crippen molar-refractivity contribution in [2.24, 2.45) is 12.8 Å². The maximum Gasteiger partial charge on any atom is 0.316 e. The van der Waals surface area contributed by atoms with Crippen LogP contribution < -0.4 is 25.8 Å². The maximum absolute atomic E-state index is 11.8. The Morgan fingerprint density at radius 1 is 1.02 bits per heavy atom. The number of carbonyl (C=O) groups excluding carboxylic acids is 3. The minimum Gasteiger partial charge on any atom is -0.486 e. The van der Waals surface area contributed by atoms with Crippen molar-refractivity contribution in [2.75, 3.05) is 5.32 Å². The molecule has 1 saturated heterocycles. The van der Waals surface area contributed by atoms with E-state index in [1.54, 1.807) is 6.07 Å². The third-order valence-corrected chi connectivity index (χ3v) is 7.75. The maximum atomic E-state index is 11.8. The normalized spacial score (nSPS) is 14.8. The van der Waals surface area contributed by atoms with Crippen LogP contribution in [0.2, 0.25) is 0 Å². The molecule has 11 heteroatoms. The number of aromatic nitrogens is 2. The Labute approximate surface area is 238 Å². The highest BCUT2D eigenvalue weighted by Crippen LogP contribution is 2.32. The number of hydrogen-bond donors (Lipinski definition) is 3. The molecule has 1 unspecified atom stereocenters. The standard InChI is InChI=1S/C30H25N5O5S/c1-35-25-15-21(40-20-10-7-18-3-2-4-23(22(18)14-20)33-29(31)37)11-12-24(25)32-27(35)16-39-19-8-5-17(6-9-19)13-26-28(36)34-30(38)41-26/h2-12,14-15,26H,13,16H2,1H3,(H3,31,33,37)(H,34,36,38). The Morgan fingerprint density at radius 2 is 1.78 bits per heavy atom. The van der Waals surface area contributed by atoms with E-state index < -0.39 is 11.3 Å². The Morgan fingerprint density at radius 3 is 2.54 bits per heavy atom. The molecule has 206 valence electrons. The molecule has 4 N–H and O–H groups in total. The molecule has 0 bridgehead atoms. The van der Waals surface area contributed by atoms with Crippen LogP contribution in [0.1, 0.15) is 11.4 Å². The summed E-state index contributed by atoms with van der Waals surface area (Å²) >= 11 is 1.02. The van der Waals surface area contributed by atoms with Crippen LogP contribution in [0.3, 0.4) is 0 Å². The number of imidazole rings is 1. The van der Waals surface area contributed by atoms with E-state index in [9.17, 15) is 14.4 Å². The van der Waals surface area contributed by atoms with E-state index in [2.05, 4.69) is 10.6 Å². The first-order valence-corrected chi connectivity index (χ1v) is 13.7. The summed E-state index contributed by atoms with van der Waals surface area (Å²) < 4.78 is 14.1. The number of ether oxygens (including phenoxy) is 2. The predicted octanol–water partition coefficient (Wildman–Crippen LogP) is 5.48. The molecule has 41 heavy (non-hydrogen) atoms. The predicted molar refractivity (Wildman–Crippen MR) is 157 cm³/mol. The van der Waals surface area contributed by atoms with Crippen LogP contribution in [0, 0.1) is 0 Å². The first kappa shape index (κ1) is 26.2. The van der Waals surface area contributed by atoms with Crippen molar-refractivity contribution in [3.8, 4) is 17.2 Å². The summed E-state index contributed by atoms with van der Waals surface area (Å²) in [5.41, 5.74) is 8.57. The number of amides is 4. The number of fused-ring (bicyclic) bond motifs is 2.